The van der Waals surface area contributed by atoms with Crippen LogP contribution in [-0.4, -0.2) is 30.6 Å². The van der Waals surface area contributed by atoms with Crippen LogP contribution >= 0.6 is 11.3 Å². The molecule has 2 unspecified atom stereocenters. The van der Waals surface area contributed by atoms with Gasteiger partial charge in [-0.2, -0.15) is 0 Å². The summed E-state index contributed by atoms with van der Waals surface area (Å²) in [6.45, 7) is 0.976. The molecule has 0 bridgehead atoms. The topological polar surface area (TPSA) is 86.5 Å². The molecule has 25 heavy (non-hydrogen) atoms. The van der Waals surface area contributed by atoms with Gasteiger partial charge in [0, 0.05) is 17.0 Å². The number of thiazole rings is 1. The Bertz CT molecular complexity index is 706. The number of nitrogens with one attached hydrogen (secondary N) is 1. The summed E-state index contributed by atoms with van der Waals surface area (Å²) < 4.78 is 11.1. The molecule has 1 aliphatic carbocycles. The maximum Gasteiger partial charge on any atom is 0.251 e. The third kappa shape index (κ3) is 4.29. The molecule has 1 amide bonds. The number of hydrogen-bond donors (Lipinski definition) is 2. The van der Waals surface area contributed by atoms with Crippen molar-refractivity contribution in [3.63, 3.8) is 0 Å². The zero-order valence-corrected chi connectivity index (χ0v) is 15.1. The second-order valence-corrected chi connectivity index (χ2v) is 6.86. The van der Waals surface area contributed by atoms with Crippen molar-refractivity contribution in [1.29, 1.82) is 0 Å². The van der Waals surface area contributed by atoms with E-state index in [0.29, 0.717) is 36.1 Å². The molecule has 1 aliphatic rings. The predicted octanol–water partition coefficient (Wildman–Crippen LogP) is 2.59. The van der Waals surface area contributed by atoms with E-state index in [1.165, 1.54) is 11.3 Å². The van der Waals surface area contributed by atoms with E-state index in [9.17, 15) is 4.79 Å². The van der Waals surface area contributed by atoms with Crippen molar-refractivity contribution < 1.29 is 14.3 Å². The van der Waals surface area contributed by atoms with Crippen LogP contribution in [0.5, 0.6) is 11.5 Å². The monoisotopic (exact) mass is 361 g/mol. The van der Waals surface area contributed by atoms with Crippen LogP contribution in [0, 0.1) is 5.92 Å². The Labute approximate surface area is 151 Å². The quantitative estimate of drug-likeness (QED) is 0.792. The van der Waals surface area contributed by atoms with Crippen LogP contribution in [0.25, 0.3) is 0 Å². The van der Waals surface area contributed by atoms with E-state index >= 15 is 0 Å². The van der Waals surface area contributed by atoms with Crippen molar-refractivity contribution in [2.24, 2.45) is 11.7 Å². The molecule has 1 fully saturated rings. The van der Waals surface area contributed by atoms with Crippen molar-refractivity contribution >= 4 is 17.2 Å². The molecule has 0 radical (unpaired) electrons. The molecule has 6 nitrogen and oxygen atoms in total. The molecule has 1 saturated carbocycles. The lowest BCUT2D eigenvalue weighted by Gasteiger charge is -2.20. The van der Waals surface area contributed by atoms with Gasteiger partial charge in [-0.25, -0.2) is 4.98 Å². The van der Waals surface area contributed by atoms with Gasteiger partial charge < -0.3 is 20.5 Å². The van der Waals surface area contributed by atoms with Gasteiger partial charge in [-0.3, -0.25) is 4.79 Å². The van der Waals surface area contributed by atoms with Crippen molar-refractivity contribution in [1.82, 2.24) is 10.3 Å². The molecule has 0 spiro atoms. The summed E-state index contributed by atoms with van der Waals surface area (Å²) in [5.74, 6) is 1.39. The number of benzene rings is 1. The Kier molecular flexibility index (Phi) is 5.88. The van der Waals surface area contributed by atoms with Crippen LogP contribution < -0.4 is 20.5 Å². The number of methoxy groups -OCH3 is 1. The Morgan fingerprint density at radius 1 is 1.40 bits per heavy atom. The van der Waals surface area contributed by atoms with Crippen LogP contribution in [0.15, 0.2) is 29.1 Å². The molecule has 2 aromatic rings. The summed E-state index contributed by atoms with van der Waals surface area (Å²) in [4.78, 5) is 16.7. The summed E-state index contributed by atoms with van der Waals surface area (Å²) in [6.07, 6.45) is 3.17. The first-order valence-corrected chi connectivity index (χ1v) is 9.34. The third-order valence-electron chi connectivity index (χ3n) is 4.56. The summed E-state index contributed by atoms with van der Waals surface area (Å²) >= 11 is 1.52. The van der Waals surface area contributed by atoms with E-state index in [-0.39, 0.29) is 11.9 Å². The van der Waals surface area contributed by atoms with E-state index in [2.05, 4.69) is 10.3 Å². The zero-order chi connectivity index (χ0) is 17.6. The second-order valence-electron chi connectivity index (χ2n) is 6.14. The fourth-order valence-electron chi connectivity index (χ4n) is 3.15. The van der Waals surface area contributed by atoms with E-state index < -0.39 is 0 Å². The number of aromatic nitrogens is 1. The molecule has 3 rings (SSSR count). The lowest BCUT2D eigenvalue weighted by Crippen LogP contribution is -2.39. The Hall–Kier alpha value is -2.12. The maximum atomic E-state index is 12.5. The molecule has 7 heteroatoms. The van der Waals surface area contributed by atoms with Crippen molar-refractivity contribution in [2.75, 3.05) is 13.7 Å². The van der Waals surface area contributed by atoms with Gasteiger partial charge in [0.15, 0.2) is 11.5 Å². The van der Waals surface area contributed by atoms with Crippen LogP contribution in [-0.2, 0) is 6.61 Å². The van der Waals surface area contributed by atoms with Crippen molar-refractivity contribution in [3.05, 3.63) is 40.3 Å². The Morgan fingerprint density at radius 3 is 3.00 bits per heavy atom. The van der Waals surface area contributed by atoms with Gasteiger partial charge in [0.2, 0.25) is 0 Å². The summed E-state index contributed by atoms with van der Waals surface area (Å²) in [7, 11) is 1.56. The van der Waals surface area contributed by atoms with Crippen LogP contribution in [0.2, 0.25) is 0 Å². The smallest absolute Gasteiger partial charge is 0.251 e. The van der Waals surface area contributed by atoms with Gasteiger partial charge in [-0.1, -0.05) is 6.42 Å². The van der Waals surface area contributed by atoms with E-state index in [1.54, 1.807) is 30.8 Å². The van der Waals surface area contributed by atoms with Crippen LogP contribution in [0.1, 0.15) is 35.3 Å². The first kappa shape index (κ1) is 17.7. The highest BCUT2D eigenvalue weighted by Crippen LogP contribution is 2.30. The standard InChI is InChI=1S/C18H23N3O3S/c1-23-17-7-12(18(22)21-15-4-2-3-13(15)8-19)5-6-16(17)24-9-14-10-25-11-20-14/h5-7,10-11,13,15H,2-4,8-9,19H2,1H3,(H,21,22). The number of nitrogens with two attached hydrogens (primary N) is 1. The van der Waals surface area contributed by atoms with Gasteiger partial charge in [0.05, 0.1) is 18.3 Å². The molecule has 0 aliphatic heterocycles. The molecule has 134 valence electrons. The van der Waals surface area contributed by atoms with Gasteiger partial charge in [0.25, 0.3) is 5.91 Å². The number of ether oxygens (including phenoxy) is 2. The summed E-state index contributed by atoms with van der Waals surface area (Å²) in [5, 5.41) is 5.03. The van der Waals surface area contributed by atoms with Crippen molar-refractivity contribution in [2.45, 2.75) is 31.9 Å². The fraction of sp³-hybridized carbons (Fsp3) is 0.444. The van der Waals surface area contributed by atoms with Gasteiger partial charge >= 0.3 is 0 Å². The number of carbonyl (C=O) groups excluding carboxylic acids is 1. The third-order valence-corrected chi connectivity index (χ3v) is 5.20. The number of rotatable bonds is 7. The maximum absolute atomic E-state index is 12.5. The van der Waals surface area contributed by atoms with E-state index in [1.807, 2.05) is 5.38 Å². The fourth-order valence-corrected chi connectivity index (χ4v) is 3.69. The highest BCUT2D eigenvalue weighted by molar-refractivity contribution is 7.07. The number of carbonyl (C=O) groups is 1. The normalized spacial score (nSPS) is 19.6. The van der Waals surface area contributed by atoms with Gasteiger partial charge in [-0.15, -0.1) is 11.3 Å². The Balaban J connectivity index is 1.66. The van der Waals surface area contributed by atoms with Crippen molar-refractivity contribution in [3.8, 4) is 11.5 Å². The van der Waals surface area contributed by atoms with Gasteiger partial charge in [-0.05, 0) is 43.5 Å². The molecule has 0 saturated heterocycles. The number of nitrogens with zero attached hydrogens (tertiary/aromatic N) is 1. The highest BCUT2D eigenvalue weighted by atomic mass is 32.1. The molecular weight excluding hydrogens is 338 g/mol. The SMILES string of the molecule is COc1cc(C(=O)NC2CCCC2CN)ccc1OCc1cscn1. The average molecular weight is 361 g/mol. The number of hydrogen-bond acceptors (Lipinski definition) is 6. The van der Waals surface area contributed by atoms with E-state index in [4.69, 9.17) is 15.2 Å². The minimum absolute atomic E-state index is 0.102. The lowest BCUT2D eigenvalue weighted by molar-refractivity contribution is 0.0928. The second kappa shape index (κ2) is 8.31. The minimum atomic E-state index is -0.102. The molecular formula is C18H23N3O3S. The first-order chi connectivity index (χ1) is 12.2. The number of amides is 1. The summed E-state index contributed by atoms with van der Waals surface area (Å²) in [5.41, 5.74) is 8.97. The van der Waals surface area contributed by atoms with Gasteiger partial charge in [0.1, 0.15) is 6.61 Å². The molecule has 1 aromatic heterocycles. The molecule has 1 aromatic carbocycles. The molecule has 1 heterocycles. The minimum Gasteiger partial charge on any atom is -0.493 e. The molecule has 2 atom stereocenters. The largest absolute Gasteiger partial charge is 0.493 e. The van der Waals surface area contributed by atoms with Crippen LogP contribution in [0.4, 0.5) is 0 Å². The Morgan fingerprint density at radius 2 is 2.28 bits per heavy atom. The van der Waals surface area contributed by atoms with Crippen LogP contribution in [0.3, 0.4) is 0 Å². The highest BCUT2D eigenvalue weighted by Gasteiger charge is 2.27. The zero-order valence-electron chi connectivity index (χ0n) is 14.2. The first-order valence-electron chi connectivity index (χ1n) is 8.40. The van der Waals surface area contributed by atoms with E-state index in [0.717, 1.165) is 25.0 Å². The lowest BCUT2D eigenvalue weighted by atomic mass is 10.0. The predicted molar refractivity (Wildman–Crippen MR) is 97.1 cm³/mol. The molecule has 3 N–H and O–H groups in total. The summed E-state index contributed by atoms with van der Waals surface area (Å²) in [6, 6.07) is 5.37. The average Bonchev–Trinajstić information content (AvgIpc) is 3.31.